The molecule has 10 nitrogen and oxygen atoms in total. The molecular formula is C20H22N4O6S. The molecule has 1 aromatic heterocycles. The number of hydrazone groups is 1. The van der Waals surface area contributed by atoms with Gasteiger partial charge in [-0.25, -0.2) is 0 Å². The smallest absolute Gasteiger partial charge is 0.280 e. The fourth-order valence-corrected chi connectivity index (χ4v) is 3.80. The van der Waals surface area contributed by atoms with Crippen molar-refractivity contribution in [1.29, 1.82) is 0 Å². The van der Waals surface area contributed by atoms with E-state index < -0.39 is 10.0 Å². The number of nitrogens with zero attached hydrogens (tertiary/aromatic N) is 2. The average molecular weight is 446 g/mol. The maximum atomic E-state index is 12.7. The number of sulfonamides is 1. The summed E-state index contributed by atoms with van der Waals surface area (Å²) < 4.78 is 46.2. The van der Waals surface area contributed by atoms with Gasteiger partial charge in [0, 0.05) is 17.2 Å². The summed E-state index contributed by atoms with van der Waals surface area (Å²) in [5, 5.41) is 10.8. The minimum absolute atomic E-state index is 0.0983. The van der Waals surface area contributed by atoms with Gasteiger partial charge in [-0.2, -0.15) is 23.4 Å². The van der Waals surface area contributed by atoms with Gasteiger partial charge in [0.25, 0.3) is 10.0 Å². The van der Waals surface area contributed by atoms with Gasteiger partial charge in [0.1, 0.15) is 16.4 Å². The third-order valence-corrected chi connectivity index (χ3v) is 5.62. The van der Waals surface area contributed by atoms with Crippen LogP contribution in [0.25, 0.3) is 11.3 Å². The van der Waals surface area contributed by atoms with Crippen LogP contribution in [0.5, 0.6) is 23.0 Å². The van der Waals surface area contributed by atoms with Crippen molar-refractivity contribution in [3.8, 4) is 34.3 Å². The van der Waals surface area contributed by atoms with Crippen LogP contribution in [0.2, 0.25) is 0 Å². The first-order valence-corrected chi connectivity index (χ1v) is 10.4. The quantitative estimate of drug-likeness (QED) is 0.382. The van der Waals surface area contributed by atoms with Crippen molar-refractivity contribution in [3.05, 3.63) is 48.2 Å². The molecular weight excluding hydrogens is 424 g/mol. The Morgan fingerprint density at radius 2 is 1.65 bits per heavy atom. The van der Waals surface area contributed by atoms with Gasteiger partial charge in [-0.15, -0.1) is 0 Å². The molecule has 0 aliphatic rings. The predicted molar refractivity (Wildman–Crippen MR) is 115 cm³/mol. The zero-order valence-electron chi connectivity index (χ0n) is 17.4. The maximum absolute atomic E-state index is 12.7. The van der Waals surface area contributed by atoms with Crippen LogP contribution in [0.3, 0.4) is 0 Å². The number of benzene rings is 2. The number of rotatable bonds is 9. The molecule has 1 heterocycles. The summed E-state index contributed by atoms with van der Waals surface area (Å²) >= 11 is 0. The summed E-state index contributed by atoms with van der Waals surface area (Å²) in [5.41, 5.74) is 1.95. The molecule has 0 atom stereocenters. The van der Waals surface area contributed by atoms with E-state index in [0.717, 1.165) is 5.56 Å². The summed E-state index contributed by atoms with van der Waals surface area (Å²) in [4.78, 5) is 2.08. The molecule has 0 saturated carbocycles. The molecule has 3 aromatic rings. The number of methoxy groups -OCH3 is 4. The molecule has 0 aliphatic heterocycles. The van der Waals surface area contributed by atoms with E-state index in [2.05, 4.69) is 20.1 Å². The van der Waals surface area contributed by atoms with Crippen molar-refractivity contribution >= 4 is 16.2 Å². The molecule has 0 aliphatic carbocycles. The number of H-pyrrole nitrogens is 1. The van der Waals surface area contributed by atoms with Crippen molar-refractivity contribution in [2.75, 3.05) is 28.4 Å². The third kappa shape index (κ3) is 4.72. The second-order valence-electron chi connectivity index (χ2n) is 6.14. The van der Waals surface area contributed by atoms with E-state index in [-0.39, 0.29) is 10.6 Å². The molecule has 31 heavy (non-hydrogen) atoms. The molecule has 0 fully saturated rings. The van der Waals surface area contributed by atoms with E-state index in [1.807, 2.05) is 6.07 Å². The Hall–Kier alpha value is -3.73. The molecule has 0 saturated heterocycles. The number of aromatic nitrogens is 2. The van der Waals surface area contributed by atoms with Crippen LogP contribution in [-0.4, -0.2) is 53.3 Å². The Morgan fingerprint density at radius 3 is 2.32 bits per heavy atom. The van der Waals surface area contributed by atoms with E-state index in [1.54, 1.807) is 32.4 Å². The highest BCUT2D eigenvalue weighted by molar-refractivity contribution is 7.89. The highest BCUT2D eigenvalue weighted by atomic mass is 32.2. The fraction of sp³-hybridized carbons (Fsp3) is 0.200. The number of hydrogen-bond acceptors (Lipinski definition) is 8. The van der Waals surface area contributed by atoms with E-state index >= 15 is 0 Å². The Kier molecular flexibility index (Phi) is 6.65. The SMILES string of the molecule is COc1ccc(OC)c(S(=O)(=O)N/N=C/c2cn[nH]c2-c2ccc(OC)c(OC)c2)c1. The van der Waals surface area contributed by atoms with Gasteiger partial charge in [0.2, 0.25) is 0 Å². The summed E-state index contributed by atoms with van der Waals surface area (Å²) in [6, 6.07) is 9.80. The lowest BCUT2D eigenvalue weighted by atomic mass is 10.1. The second-order valence-corrected chi connectivity index (χ2v) is 7.77. The summed E-state index contributed by atoms with van der Waals surface area (Å²) in [7, 11) is 1.91. The summed E-state index contributed by atoms with van der Waals surface area (Å²) in [6.07, 6.45) is 2.87. The third-order valence-electron chi connectivity index (χ3n) is 4.38. The minimum atomic E-state index is -4.01. The first-order valence-electron chi connectivity index (χ1n) is 8.96. The topological polar surface area (TPSA) is 124 Å². The van der Waals surface area contributed by atoms with Crippen LogP contribution in [0.4, 0.5) is 0 Å². The molecule has 0 amide bonds. The van der Waals surface area contributed by atoms with Gasteiger partial charge in [-0.05, 0) is 30.3 Å². The standard InChI is InChI=1S/C20H22N4O6S/c1-27-15-6-8-17(29-3)19(10-15)31(25,26)24-22-12-14-11-21-23-20(14)13-5-7-16(28-2)18(9-13)30-4/h5-12,24H,1-4H3,(H,21,23)/b22-12+. The molecule has 2 aromatic carbocycles. The molecule has 0 bridgehead atoms. The summed E-state index contributed by atoms with van der Waals surface area (Å²) in [6.45, 7) is 0. The van der Waals surface area contributed by atoms with Crippen molar-refractivity contribution < 1.29 is 27.4 Å². The normalized spacial score (nSPS) is 11.4. The van der Waals surface area contributed by atoms with Crippen LogP contribution < -0.4 is 23.8 Å². The number of nitrogens with one attached hydrogen (secondary N) is 2. The first-order chi connectivity index (χ1) is 14.9. The van der Waals surface area contributed by atoms with Gasteiger partial charge in [0.05, 0.1) is 46.5 Å². The molecule has 11 heteroatoms. The zero-order chi connectivity index (χ0) is 22.4. The Balaban J connectivity index is 1.86. The Labute approximate surface area is 179 Å². The highest BCUT2D eigenvalue weighted by Crippen LogP contribution is 2.32. The predicted octanol–water partition coefficient (Wildman–Crippen LogP) is 2.42. The van der Waals surface area contributed by atoms with Gasteiger partial charge >= 0.3 is 0 Å². The number of aromatic amines is 1. The van der Waals surface area contributed by atoms with Gasteiger partial charge in [-0.3, -0.25) is 5.10 Å². The number of hydrogen-bond donors (Lipinski definition) is 2. The first kappa shape index (κ1) is 22.0. The average Bonchev–Trinajstić information content (AvgIpc) is 3.26. The Morgan fingerprint density at radius 1 is 0.935 bits per heavy atom. The highest BCUT2D eigenvalue weighted by Gasteiger charge is 2.20. The zero-order valence-corrected chi connectivity index (χ0v) is 18.2. The lowest BCUT2D eigenvalue weighted by Crippen LogP contribution is -2.19. The van der Waals surface area contributed by atoms with Gasteiger partial charge in [-0.1, -0.05) is 0 Å². The molecule has 2 N–H and O–H groups in total. The molecule has 3 rings (SSSR count). The lowest BCUT2D eigenvalue weighted by Gasteiger charge is -2.10. The van der Waals surface area contributed by atoms with E-state index in [0.29, 0.717) is 28.5 Å². The number of ether oxygens (including phenoxy) is 4. The second kappa shape index (κ2) is 9.39. The lowest BCUT2D eigenvalue weighted by molar-refractivity contribution is 0.355. The van der Waals surface area contributed by atoms with E-state index in [1.165, 1.54) is 38.8 Å². The molecule has 0 unspecified atom stereocenters. The van der Waals surface area contributed by atoms with Crippen LogP contribution >= 0.6 is 0 Å². The van der Waals surface area contributed by atoms with Crippen LogP contribution in [0, 0.1) is 0 Å². The molecule has 164 valence electrons. The van der Waals surface area contributed by atoms with Gasteiger partial charge < -0.3 is 18.9 Å². The van der Waals surface area contributed by atoms with Crippen molar-refractivity contribution in [2.45, 2.75) is 4.90 Å². The van der Waals surface area contributed by atoms with E-state index in [9.17, 15) is 8.42 Å². The maximum Gasteiger partial charge on any atom is 0.280 e. The van der Waals surface area contributed by atoms with Crippen LogP contribution in [-0.2, 0) is 10.0 Å². The van der Waals surface area contributed by atoms with Crippen LogP contribution in [0.15, 0.2) is 52.6 Å². The Bertz CT molecular complexity index is 1190. The summed E-state index contributed by atoms with van der Waals surface area (Å²) in [5.74, 6) is 1.66. The van der Waals surface area contributed by atoms with Crippen molar-refractivity contribution in [3.63, 3.8) is 0 Å². The minimum Gasteiger partial charge on any atom is -0.497 e. The fourth-order valence-electron chi connectivity index (χ4n) is 2.82. The van der Waals surface area contributed by atoms with E-state index in [4.69, 9.17) is 18.9 Å². The van der Waals surface area contributed by atoms with Crippen molar-refractivity contribution in [2.24, 2.45) is 5.10 Å². The molecule has 0 radical (unpaired) electrons. The molecule has 0 spiro atoms. The van der Waals surface area contributed by atoms with Crippen LogP contribution in [0.1, 0.15) is 5.56 Å². The monoisotopic (exact) mass is 446 g/mol. The largest absolute Gasteiger partial charge is 0.497 e. The van der Waals surface area contributed by atoms with Crippen molar-refractivity contribution in [1.82, 2.24) is 15.0 Å². The van der Waals surface area contributed by atoms with Gasteiger partial charge in [0.15, 0.2) is 11.5 Å².